The molecule has 2 rings (SSSR count). The second-order valence-electron chi connectivity index (χ2n) is 4.53. The Morgan fingerprint density at radius 2 is 2.33 bits per heavy atom. The Balaban J connectivity index is 1.96. The normalized spacial score (nSPS) is 25.8. The molecule has 0 spiro atoms. The molecule has 0 amide bonds. The fourth-order valence-electron chi connectivity index (χ4n) is 1.85. The van der Waals surface area contributed by atoms with Gasteiger partial charge in [-0.05, 0) is 25.6 Å². The fourth-order valence-corrected chi connectivity index (χ4v) is 4.28. The molecule has 1 aliphatic heterocycles. The largest absolute Gasteiger partial charge is 0.368 e. The number of aromatic amines is 1. The van der Waals surface area contributed by atoms with Crippen LogP contribution in [0.5, 0.6) is 0 Å². The third kappa shape index (κ3) is 3.07. The second-order valence-corrected chi connectivity index (χ2v) is 7.12. The molecule has 5 N–H and O–H groups in total. The highest BCUT2D eigenvalue weighted by Crippen LogP contribution is 2.22. The maximum atomic E-state index is 11.4. The fraction of sp³-hybridized carbons (Fsp3) is 0.625. The second kappa shape index (κ2) is 4.35. The molecule has 0 aliphatic carbocycles. The molecule has 1 aliphatic rings. The zero-order valence-corrected chi connectivity index (χ0v) is 11.4. The van der Waals surface area contributed by atoms with Gasteiger partial charge in [-0.3, -0.25) is 5.32 Å². The number of thiocarbonyl (C=S) groups is 1. The molecular formula is C8H14N6O2S2. The monoisotopic (exact) mass is 290 g/mol. The highest BCUT2D eigenvalue weighted by Gasteiger charge is 2.38. The van der Waals surface area contributed by atoms with E-state index < -0.39 is 15.4 Å². The average Bonchev–Trinajstić information content (AvgIpc) is 2.70. The van der Waals surface area contributed by atoms with Crippen molar-refractivity contribution in [2.75, 3.05) is 22.6 Å². The van der Waals surface area contributed by atoms with Gasteiger partial charge in [-0.1, -0.05) is 0 Å². The third-order valence-electron chi connectivity index (χ3n) is 2.65. The van der Waals surface area contributed by atoms with Crippen LogP contribution in [0.2, 0.25) is 0 Å². The summed E-state index contributed by atoms with van der Waals surface area (Å²) in [4.78, 5) is 3.83. The first kappa shape index (κ1) is 13.0. The van der Waals surface area contributed by atoms with Gasteiger partial charge in [0.15, 0.2) is 14.9 Å². The highest BCUT2D eigenvalue weighted by molar-refractivity contribution is 7.91. The maximum Gasteiger partial charge on any atom is 0.249 e. The lowest BCUT2D eigenvalue weighted by molar-refractivity contribution is 0.474. The van der Waals surface area contributed by atoms with Crippen molar-refractivity contribution < 1.29 is 8.42 Å². The van der Waals surface area contributed by atoms with Crippen LogP contribution in [0.15, 0.2) is 0 Å². The Labute approximate surface area is 110 Å². The van der Waals surface area contributed by atoms with Gasteiger partial charge in [-0.15, -0.1) is 5.10 Å². The van der Waals surface area contributed by atoms with Gasteiger partial charge in [0, 0.05) is 0 Å². The van der Waals surface area contributed by atoms with E-state index in [2.05, 4.69) is 25.8 Å². The van der Waals surface area contributed by atoms with E-state index in [9.17, 15) is 8.42 Å². The molecule has 18 heavy (non-hydrogen) atoms. The molecule has 2 heterocycles. The minimum atomic E-state index is -2.98. The van der Waals surface area contributed by atoms with E-state index in [0.717, 1.165) is 0 Å². The number of aromatic nitrogens is 3. The molecule has 1 atom stereocenters. The maximum absolute atomic E-state index is 11.4. The van der Waals surface area contributed by atoms with E-state index in [1.54, 1.807) is 0 Å². The van der Waals surface area contributed by atoms with Crippen LogP contribution in [0.4, 0.5) is 11.9 Å². The molecule has 1 fully saturated rings. The van der Waals surface area contributed by atoms with Crippen molar-refractivity contribution in [2.45, 2.75) is 18.9 Å². The van der Waals surface area contributed by atoms with Crippen molar-refractivity contribution in [2.24, 2.45) is 0 Å². The summed E-state index contributed by atoms with van der Waals surface area (Å²) >= 11 is 5.08. The van der Waals surface area contributed by atoms with Crippen LogP contribution >= 0.6 is 12.2 Å². The molecular weight excluding hydrogens is 276 g/mol. The van der Waals surface area contributed by atoms with Crippen LogP contribution in [-0.4, -0.2) is 45.8 Å². The number of nitrogens with two attached hydrogens (primary N) is 1. The average molecular weight is 290 g/mol. The minimum absolute atomic E-state index is 0.0674. The van der Waals surface area contributed by atoms with Gasteiger partial charge >= 0.3 is 0 Å². The minimum Gasteiger partial charge on any atom is -0.368 e. The molecule has 0 bridgehead atoms. The van der Waals surface area contributed by atoms with Gasteiger partial charge in [0.2, 0.25) is 11.9 Å². The van der Waals surface area contributed by atoms with Crippen molar-refractivity contribution >= 4 is 39.1 Å². The first-order chi connectivity index (χ1) is 8.28. The lowest BCUT2D eigenvalue weighted by Crippen LogP contribution is -2.48. The Morgan fingerprint density at radius 1 is 1.61 bits per heavy atom. The molecule has 0 radical (unpaired) electrons. The summed E-state index contributed by atoms with van der Waals surface area (Å²) < 4.78 is 22.9. The number of anilines is 2. The molecule has 8 nitrogen and oxygen atoms in total. The van der Waals surface area contributed by atoms with Crippen LogP contribution in [0.1, 0.15) is 13.3 Å². The smallest absolute Gasteiger partial charge is 0.249 e. The standard InChI is InChI=1S/C8H14N6O2S2/c1-8(2-3-18(15,16)4-8)12-7(17)11-6-10-5(9)13-14-6/h2-4H2,1H3,(H5,9,10,11,12,13,14,17)/t8-/m0/s1. The summed E-state index contributed by atoms with van der Waals surface area (Å²) in [5.41, 5.74) is 4.82. The number of sulfone groups is 1. The summed E-state index contributed by atoms with van der Waals surface area (Å²) in [6.45, 7) is 1.82. The quantitative estimate of drug-likeness (QED) is 0.524. The summed E-state index contributed by atoms with van der Waals surface area (Å²) in [7, 11) is -2.98. The SMILES string of the molecule is C[C@]1(NC(=S)Nc2n[nH]c(N)n2)CCS(=O)(=O)C1. The molecule has 1 saturated heterocycles. The summed E-state index contributed by atoms with van der Waals surface area (Å²) in [6, 6.07) is 0. The molecule has 0 unspecified atom stereocenters. The van der Waals surface area contributed by atoms with Crippen LogP contribution < -0.4 is 16.4 Å². The number of nitrogens with zero attached hydrogens (tertiary/aromatic N) is 2. The van der Waals surface area contributed by atoms with Gasteiger partial charge in [0.05, 0.1) is 17.0 Å². The van der Waals surface area contributed by atoms with Crippen LogP contribution in [0, 0.1) is 0 Å². The first-order valence-electron chi connectivity index (χ1n) is 5.26. The predicted molar refractivity (Wildman–Crippen MR) is 71.8 cm³/mol. The zero-order chi connectivity index (χ0) is 13.4. The van der Waals surface area contributed by atoms with Crippen molar-refractivity contribution in [1.29, 1.82) is 0 Å². The third-order valence-corrected chi connectivity index (χ3v) is 4.75. The Bertz CT molecular complexity index is 568. The van der Waals surface area contributed by atoms with E-state index in [1.807, 2.05) is 6.92 Å². The zero-order valence-electron chi connectivity index (χ0n) is 9.73. The number of rotatable bonds is 2. The lowest BCUT2D eigenvalue weighted by atomic mass is 10.0. The molecule has 0 aromatic carbocycles. The molecule has 1 aromatic rings. The van der Waals surface area contributed by atoms with Crippen molar-refractivity contribution in [3.63, 3.8) is 0 Å². The summed E-state index contributed by atoms with van der Waals surface area (Å²) in [6.07, 6.45) is 0.521. The number of hydrogen-bond acceptors (Lipinski definition) is 6. The summed E-state index contributed by atoms with van der Waals surface area (Å²) in [5.74, 6) is 0.661. The van der Waals surface area contributed by atoms with Crippen molar-refractivity contribution in [1.82, 2.24) is 20.5 Å². The van der Waals surface area contributed by atoms with Gasteiger partial charge in [0.1, 0.15) is 0 Å². The van der Waals surface area contributed by atoms with Gasteiger partial charge < -0.3 is 11.1 Å². The topological polar surface area (TPSA) is 126 Å². The number of nitrogens with one attached hydrogen (secondary N) is 3. The number of H-pyrrole nitrogens is 1. The van der Waals surface area contributed by atoms with Crippen molar-refractivity contribution in [3.05, 3.63) is 0 Å². The van der Waals surface area contributed by atoms with E-state index in [-0.39, 0.29) is 28.5 Å². The first-order valence-corrected chi connectivity index (χ1v) is 7.48. The van der Waals surface area contributed by atoms with E-state index in [0.29, 0.717) is 6.42 Å². The predicted octanol–water partition coefficient (Wildman–Crippen LogP) is -0.749. The van der Waals surface area contributed by atoms with Crippen LogP contribution in [0.3, 0.4) is 0 Å². The molecule has 10 heteroatoms. The Morgan fingerprint density at radius 3 is 2.83 bits per heavy atom. The van der Waals surface area contributed by atoms with E-state index >= 15 is 0 Å². The number of hydrogen-bond donors (Lipinski definition) is 4. The van der Waals surface area contributed by atoms with Crippen molar-refractivity contribution in [3.8, 4) is 0 Å². The Kier molecular flexibility index (Phi) is 3.15. The van der Waals surface area contributed by atoms with Gasteiger partial charge in [-0.2, -0.15) is 4.98 Å². The Hall–Kier alpha value is -1.42. The van der Waals surface area contributed by atoms with Crippen LogP contribution in [0.25, 0.3) is 0 Å². The molecule has 0 saturated carbocycles. The van der Waals surface area contributed by atoms with Crippen LogP contribution in [-0.2, 0) is 9.84 Å². The van der Waals surface area contributed by atoms with E-state index in [4.69, 9.17) is 18.0 Å². The van der Waals surface area contributed by atoms with Gasteiger partial charge in [-0.25, -0.2) is 13.5 Å². The van der Waals surface area contributed by atoms with E-state index in [1.165, 1.54) is 0 Å². The molecule has 1 aromatic heterocycles. The lowest BCUT2D eigenvalue weighted by Gasteiger charge is -2.25. The summed E-state index contributed by atoms with van der Waals surface area (Å²) in [5, 5.41) is 12.2. The number of nitrogen functional groups attached to an aromatic ring is 1. The molecule has 100 valence electrons. The van der Waals surface area contributed by atoms with Gasteiger partial charge in [0.25, 0.3) is 0 Å². The highest BCUT2D eigenvalue weighted by atomic mass is 32.2.